The van der Waals surface area contributed by atoms with Gasteiger partial charge in [-0.25, -0.2) is 0 Å². The van der Waals surface area contributed by atoms with Crippen molar-refractivity contribution in [3.8, 4) is 11.4 Å². The molecule has 1 aromatic carbocycles. The van der Waals surface area contributed by atoms with Crippen molar-refractivity contribution >= 4 is 17.5 Å². The normalized spacial score (nSPS) is 14.6. The molecule has 34 heavy (non-hydrogen) atoms. The number of carbonyl (C=O) groups excluding carboxylic acids is 1. The second-order valence-corrected chi connectivity index (χ2v) is 8.97. The van der Waals surface area contributed by atoms with Crippen LogP contribution in [-0.4, -0.2) is 56.6 Å². The lowest BCUT2D eigenvalue weighted by Crippen LogP contribution is -2.48. The first kappa shape index (κ1) is 22.4. The Morgan fingerprint density at radius 3 is 2.53 bits per heavy atom. The molecule has 0 bridgehead atoms. The highest BCUT2D eigenvalue weighted by Gasteiger charge is 2.26. The van der Waals surface area contributed by atoms with Crippen LogP contribution in [0.25, 0.3) is 11.4 Å². The molecule has 176 valence electrons. The first-order valence-electron chi connectivity index (χ1n) is 11.3. The van der Waals surface area contributed by atoms with Crippen LogP contribution in [0.4, 0.5) is 0 Å². The summed E-state index contributed by atoms with van der Waals surface area (Å²) in [6, 6.07) is 13.1. The zero-order chi connectivity index (χ0) is 23.7. The number of furan rings is 1. The van der Waals surface area contributed by atoms with E-state index in [-0.39, 0.29) is 5.91 Å². The molecule has 0 atom stereocenters. The van der Waals surface area contributed by atoms with Crippen molar-refractivity contribution in [1.82, 2.24) is 24.5 Å². The molecule has 0 aliphatic carbocycles. The van der Waals surface area contributed by atoms with Crippen LogP contribution in [0.2, 0.25) is 5.02 Å². The fraction of sp³-hybridized carbons (Fsp3) is 0.320. The second kappa shape index (κ2) is 9.48. The first-order valence-corrected chi connectivity index (χ1v) is 11.6. The lowest BCUT2D eigenvalue weighted by molar-refractivity contribution is 0.0614. The van der Waals surface area contributed by atoms with E-state index in [1.165, 1.54) is 0 Å². The number of hydrogen-bond donors (Lipinski definition) is 0. The lowest BCUT2D eigenvalue weighted by Gasteiger charge is -2.34. The van der Waals surface area contributed by atoms with E-state index in [1.807, 2.05) is 49.1 Å². The molecule has 1 aliphatic rings. The molecule has 0 spiro atoms. The zero-order valence-corrected chi connectivity index (χ0v) is 20.0. The van der Waals surface area contributed by atoms with Gasteiger partial charge in [-0.2, -0.15) is 4.98 Å². The minimum Gasteiger partial charge on any atom is -0.467 e. The summed E-state index contributed by atoms with van der Waals surface area (Å²) in [6.07, 6.45) is 1.67. The van der Waals surface area contributed by atoms with Crippen LogP contribution < -0.4 is 0 Å². The van der Waals surface area contributed by atoms with E-state index >= 15 is 0 Å². The lowest BCUT2D eigenvalue weighted by atomic mass is 10.2. The summed E-state index contributed by atoms with van der Waals surface area (Å²) >= 11 is 5.95. The predicted molar refractivity (Wildman–Crippen MR) is 128 cm³/mol. The molecule has 1 saturated heterocycles. The van der Waals surface area contributed by atoms with Crippen molar-refractivity contribution in [1.29, 1.82) is 0 Å². The summed E-state index contributed by atoms with van der Waals surface area (Å²) < 4.78 is 13.0. The molecule has 1 aliphatic heterocycles. The second-order valence-electron chi connectivity index (χ2n) is 8.54. The Balaban J connectivity index is 1.19. The topological polar surface area (TPSA) is 80.5 Å². The molecule has 1 amide bonds. The third-order valence-electron chi connectivity index (χ3n) is 6.29. The van der Waals surface area contributed by atoms with Gasteiger partial charge in [-0.3, -0.25) is 9.69 Å². The minimum atomic E-state index is 0.0706. The Hall–Kier alpha value is -3.36. The zero-order valence-electron chi connectivity index (χ0n) is 19.2. The number of aromatic nitrogens is 3. The standard InChI is InChI=1S/C25H26ClN5O3/c1-17-14-22(18(2)31(17)15-21-4-3-13-33-21)25(32)30-11-9-29(10-12-30)16-23-27-24(28-34-23)19-5-7-20(26)8-6-19/h3-8,13-14H,9-12,15-16H2,1-2H3. The van der Waals surface area contributed by atoms with Crippen molar-refractivity contribution < 1.29 is 13.7 Å². The van der Waals surface area contributed by atoms with Gasteiger partial charge in [-0.05, 0) is 56.3 Å². The molecule has 0 N–H and O–H groups in total. The Kier molecular flexibility index (Phi) is 6.26. The van der Waals surface area contributed by atoms with E-state index in [4.69, 9.17) is 20.5 Å². The number of hydrogen-bond acceptors (Lipinski definition) is 6. The van der Waals surface area contributed by atoms with Crippen molar-refractivity contribution in [2.75, 3.05) is 26.2 Å². The highest BCUT2D eigenvalue weighted by atomic mass is 35.5. The third kappa shape index (κ3) is 4.64. The largest absolute Gasteiger partial charge is 0.467 e. The van der Waals surface area contributed by atoms with Gasteiger partial charge in [0.1, 0.15) is 5.76 Å². The predicted octanol–water partition coefficient (Wildman–Crippen LogP) is 4.41. The molecule has 8 nitrogen and oxygen atoms in total. The highest BCUT2D eigenvalue weighted by molar-refractivity contribution is 6.30. The molecule has 4 heterocycles. The van der Waals surface area contributed by atoms with E-state index in [1.54, 1.807) is 18.4 Å². The molecular formula is C25H26ClN5O3. The molecule has 0 unspecified atom stereocenters. The summed E-state index contributed by atoms with van der Waals surface area (Å²) in [7, 11) is 0. The average molecular weight is 480 g/mol. The highest BCUT2D eigenvalue weighted by Crippen LogP contribution is 2.21. The van der Waals surface area contributed by atoms with Crippen molar-refractivity contribution in [2.24, 2.45) is 0 Å². The van der Waals surface area contributed by atoms with Gasteiger partial charge in [-0.1, -0.05) is 16.8 Å². The minimum absolute atomic E-state index is 0.0706. The molecule has 1 fully saturated rings. The van der Waals surface area contributed by atoms with Gasteiger partial charge in [-0.15, -0.1) is 0 Å². The van der Waals surface area contributed by atoms with Crippen molar-refractivity contribution in [2.45, 2.75) is 26.9 Å². The summed E-state index contributed by atoms with van der Waals surface area (Å²) in [5, 5.41) is 4.75. The molecule has 3 aromatic heterocycles. The van der Waals surface area contributed by atoms with Gasteiger partial charge in [0.05, 0.1) is 24.9 Å². The molecule has 5 rings (SSSR count). The van der Waals surface area contributed by atoms with Gasteiger partial charge in [0, 0.05) is 48.2 Å². The number of aryl methyl sites for hydroxylation is 1. The van der Waals surface area contributed by atoms with Gasteiger partial charge >= 0.3 is 0 Å². The Morgan fingerprint density at radius 2 is 1.82 bits per heavy atom. The number of benzene rings is 1. The molecule has 9 heteroatoms. The Morgan fingerprint density at radius 1 is 1.06 bits per heavy atom. The van der Waals surface area contributed by atoms with E-state index in [2.05, 4.69) is 19.6 Å². The van der Waals surface area contributed by atoms with Crippen LogP contribution in [0, 0.1) is 13.8 Å². The maximum atomic E-state index is 13.3. The molecule has 0 radical (unpaired) electrons. The number of carbonyl (C=O) groups is 1. The number of amides is 1. The van der Waals surface area contributed by atoms with E-state index in [0.29, 0.717) is 42.9 Å². The summed E-state index contributed by atoms with van der Waals surface area (Å²) in [6.45, 7) is 7.98. The van der Waals surface area contributed by atoms with Crippen LogP contribution in [0.1, 0.15) is 33.4 Å². The van der Waals surface area contributed by atoms with E-state index in [0.717, 1.165) is 41.4 Å². The molecular weight excluding hydrogens is 454 g/mol. The Labute approximate surface area is 202 Å². The average Bonchev–Trinajstić information content (AvgIpc) is 3.58. The maximum Gasteiger partial charge on any atom is 0.255 e. The van der Waals surface area contributed by atoms with Crippen LogP contribution in [0.3, 0.4) is 0 Å². The summed E-state index contributed by atoms with van der Waals surface area (Å²) in [5.74, 6) is 2.05. The summed E-state index contributed by atoms with van der Waals surface area (Å²) in [4.78, 5) is 21.9. The quantitative estimate of drug-likeness (QED) is 0.407. The maximum absolute atomic E-state index is 13.3. The monoisotopic (exact) mass is 479 g/mol. The van der Waals surface area contributed by atoms with Gasteiger partial charge < -0.3 is 18.4 Å². The smallest absolute Gasteiger partial charge is 0.255 e. The number of nitrogens with zero attached hydrogens (tertiary/aromatic N) is 5. The van der Waals surface area contributed by atoms with Gasteiger partial charge in [0.25, 0.3) is 5.91 Å². The van der Waals surface area contributed by atoms with E-state index < -0.39 is 0 Å². The van der Waals surface area contributed by atoms with Crippen molar-refractivity contribution in [3.05, 3.63) is 82.4 Å². The molecule has 4 aromatic rings. The first-order chi connectivity index (χ1) is 16.5. The van der Waals surface area contributed by atoms with Gasteiger partial charge in [0.2, 0.25) is 11.7 Å². The third-order valence-corrected chi connectivity index (χ3v) is 6.54. The van der Waals surface area contributed by atoms with Crippen LogP contribution >= 0.6 is 11.6 Å². The summed E-state index contributed by atoms with van der Waals surface area (Å²) in [5.41, 5.74) is 3.62. The van der Waals surface area contributed by atoms with E-state index in [9.17, 15) is 4.79 Å². The number of piperazine rings is 1. The number of rotatable bonds is 6. The van der Waals surface area contributed by atoms with Crippen molar-refractivity contribution in [3.63, 3.8) is 0 Å². The van der Waals surface area contributed by atoms with Crippen LogP contribution in [-0.2, 0) is 13.1 Å². The fourth-order valence-corrected chi connectivity index (χ4v) is 4.45. The number of halogens is 1. The fourth-order valence-electron chi connectivity index (χ4n) is 4.33. The van der Waals surface area contributed by atoms with Crippen LogP contribution in [0.5, 0.6) is 0 Å². The van der Waals surface area contributed by atoms with Gasteiger partial charge in [0.15, 0.2) is 0 Å². The Bertz CT molecular complexity index is 1270. The molecule has 0 saturated carbocycles. The SMILES string of the molecule is Cc1cc(C(=O)N2CCN(Cc3nc(-c4ccc(Cl)cc4)no3)CC2)c(C)n1Cc1ccco1. The van der Waals surface area contributed by atoms with Crippen LogP contribution in [0.15, 0.2) is 57.7 Å².